The van der Waals surface area contributed by atoms with Gasteiger partial charge in [-0.1, -0.05) is 30.3 Å². The van der Waals surface area contributed by atoms with E-state index in [1.54, 1.807) is 0 Å². The molecule has 0 radical (unpaired) electrons. The van der Waals surface area contributed by atoms with Crippen molar-refractivity contribution in [2.75, 3.05) is 24.6 Å². The molecule has 1 amide bonds. The van der Waals surface area contributed by atoms with Gasteiger partial charge in [-0.25, -0.2) is 0 Å². The number of thioether (sulfide) groups is 1. The number of nitrogens with two attached hydrogens (primary N) is 1. The molecule has 1 atom stereocenters. The molecule has 7 heteroatoms. The number of carbonyl (C=O) groups is 1. The van der Waals surface area contributed by atoms with Crippen LogP contribution in [0.5, 0.6) is 0 Å². The summed E-state index contributed by atoms with van der Waals surface area (Å²) in [6.45, 7) is 1.96. The van der Waals surface area contributed by atoms with Gasteiger partial charge in [0.25, 0.3) is 0 Å². The van der Waals surface area contributed by atoms with Crippen LogP contribution in [0.2, 0.25) is 0 Å². The highest BCUT2D eigenvalue weighted by Crippen LogP contribution is 2.26. The van der Waals surface area contributed by atoms with E-state index in [1.807, 2.05) is 30.0 Å². The van der Waals surface area contributed by atoms with Crippen molar-refractivity contribution in [3.63, 3.8) is 0 Å². The van der Waals surface area contributed by atoms with E-state index < -0.39 is 0 Å². The van der Waals surface area contributed by atoms with Crippen LogP contribution < -0.4 is 11.1 Å². The highest BCUT2D eigenvalue weighted by Gasteiger charge is 2.30. The van der Waals surface area contributed by atoms with Crippen molar-refractivity contribution in [2.24, 2.45) is 5.73 Å². The smallest absolute Gasteiger partial charge is 0.242 e. The second-order valence-corrected chi connectivity index (χ2v) is 7.81. The minimum atomic E-state index is -0.160. The first kappa shape index (κ1) is 22.6. The lowest BCUT2D eigenvalue weighted by molar-refractivity contribution is -0.127. The molecule has 1 saturated carbocycles. The summed E-state index contributed by atoms with van der Waals surface area (Å²) in [5.41, 5.74) is 7.07. The van der Waals surface area contributed by atoms with Crippen molar-refractivity contribution in [3.8, 4) is 0 Å². The number of amides is 1. The fourth-order valence-corrected chi connectivity index (χ4v) is 4.47. The van der Waals surface area contributed by atoms with Gasteiger partial charge in [-0.3, -0.25) is 9.69 Å². The van der Waals surface area contributed by atoms with E-state index in [9.17, 15) is 4.79 Å². The summed E-state index contributed by atoms with van der Waals surface area (Å²) in [6.07, 6.45) is 4.04. The fraction of sp³-hybridized carbons (Fsp3) is 0.611. The van der Waals surface area contributed by atoms with Crippen LogP contribution in [0.4, 0.5) is 0 Å². The maximum Gasteiger partial charge on any atom is 0.242 e. The average Bonchev–Trinajstić information content (AvgIpc) is 2.59. The van der Waals surface area contributed by atoms with Crippen molar-refractivity contribution in [2.45, 2.75) is 43.8 Å². The lowest BCUT2D eigenvalue weighted by Gasteiger charge is -2.35. The highest BCUT2D eigenvalue weighted by atomic mass is 35.5. The highest BCUT2D eigenvalue weighted by molar-refractivity contribution is 7.99. The van der Waals surface area contributed by atoms with E-state index in [2.05, 4.69) is 22.3 Å². The fourth-order valence-electron chi connectivity index (χ4n) is 3.54. The third-order valence-corrected chi connectivity index (χ3v) is 5.84. The van der Waals surface area contributed by atoms with E-state index in [-0.39, 0.29) is 42.8 Å². The van der Waals surface area contributed by atoms with Crippen LogP contribution in [0.25, 0.3) is 0 Å². The lowest BCUT2D eigenvalue weighted by Crippen LogP contribution is -2.48. The number of rotatable bonds is 4. The molecule has 3 N–H and O–H groups in total. The summed E-state index contributed by atoms with van der Waals surface area (Å²) in [5, 5.41) is 3.29. The first-order valence-electron chi connectivity index (χ1n) is 8.67. The topological polar surface area (TPSA) is 58.4 Å². The number of nitrogens with zero attached hydrogens (tertiary/aromatic N) is 1. The molecule has 142 valence electrons. The molecule has 0 bridgehead atoms. The van der Waals surface area contributed by atoms with Crippen molar-refractivity contribution in [1.29, 1.82) is 0 Å². The molecule has 2 aliphatic rings. The van der Waals surface area contributed by atoms with Gasteiger partial charge < -0.3 is 11.1 Å². The van der Waals surface area contributed by atoms with Gasteiger partial charge in [-0.05, 0) is 31.2 Å². The van der Waals surface area contributed by atoms with Crippen molar-refractivity contribution in [3.05, 3.63) is 35.9 Å². The summed E-state index contributed by atoms with van der Waals surface area (Å²) in [6, 6.07) is 10.6. The molecule has 25 heavy (non-hydrogen) atoms. The standard InChI is InChI=1S/C18H27N3OS.2ClH/c19-15-6-8-16(9-7-15)20-18(22)17(14-4-2-1-3-5-14)21-10-12-23-13-11-21;;/h1-5,15-17H,6-13,19H2,(H,20,22);2*1H. The van der Waals surface area contributed by atoms with Crippen LogP contribution in [0.3, 0.4) is 0 Å². The van der Waals surface area contributed by atoms with Crippen LogP contribution in [-0.2, 0) is 4.79 Å². The Morgan fingerprint density at radius 3 is 2.28 bits per heavy atom. The van der Waals surface area contributed by atoms with Crippen LogP contribution >= 0.6 is 36.6 Å². The maximum atomic E-state index is 13.0. The van der Waals surface area contributed by atoms with Gasteiger partial charge >= 0.3 is 0 Å². The first-order valence-corrected chi connectivity index (χ1v) is 9.82. The monoisotopic (exact) mass is 405 g/mol. The summed E-state index contributed by atoms with van der Waals surface area (Å²) >= 11 is 1.97. The number of halogens is 2. The van der Waals surface area contributed by atoms with Gasteiger partial charge in [0, 0.05) is 36.7 Å². The Kier molecular flexibility index (Phi) is 10.2. The molecule has 3 rings (SSSR count). The van der Waals surface area contributed by atoms with E-state index in [4.69, 9.17) is 5.73 Å². The van der Waals surface area contributed by atoms with Crippen LogP contribution in [-0.4, -0.2) is 47.5 Å². The normalized spacial score (nSPS) is 25.2. The molecule has 1 unspecified atom stereocenters. The minimum absolute atomic E-state index is 0. The first-order chi connectivity index (χ1) is 11.2. The summed E-state index contributed by atoms with van der Waals surface area (Å²) in [4.78, 5) is 15.3. The minimum Gasteiger partial charge on any atom is -0.352 e. The third-order valence-electron chi connectivity index (χ3n) is 4.89. The molecule has 0 spiro atoms. The molecular formula is C18H29Cl2N3OS. The summed E-state index contributed by atoms with van der Waals surface area (Å²) < 4.78 is 0. The molecule has 2 fully saturated rings. The Morgan fingerprint density at radius 2 is 1.68 bits per heavy atom. The largest absolute Gasteiger partial charge is 0.352 e. The van der Waals surface area contributed by atoms with Gasteiger partial charge in [-0.2, -0.15) is 11.8 Å². The molecule has 1 aromatic rings. The predicted octanol–water partition coefficient (Wildman–Crippen LogP) is 3.01. The summed E-state index contributed by atoms with van der Waals surface area (Å²) in [7, 11) is 0. The Labute approximate surface area is 167 Å². The SMILES string of the molecule is Cl.Cl.NC1CCC(NC(=O)C(c2ccccc2)N2CCSCC2)CC1. The maximum absolute atomic E-state index is 13.0. The molecule has 4 nitrogen and oxygen atoms in total. The van der Waals surface area contributed by atoms with E-state index >= 15 is 0 Å². The zero-order valence-corrected chi connectivity index (χ0v) is 16.9. The summed E-state index contributed by atoms with van der Waals surface area (Å²) in [5.74, 6) is 2.37. The number of hydrogen-bond donors (Lipinski definition) is 2. The van der Waals surface area contributed by atoms with Gasteiger partial charge in [0.05, 0.1) is 0 Å². The quantitative estimate of drug-likeness (QED) is 0.807. The van der Waals surface area contributed by atoms with Crippen LogP contribution in [0, 0.1) is 0 Å². The lowest BCUT2D eigenvalue weighted by atomic mass is 9.91. The number of carbonyl (C=O) groups excluding carboxylic acids is 1. The molecule has 1 aliphatic carbocycles. The van der Waals surface area contributed by atoms with Crippen molar-refractivity contribution < 1.29 is 4.79 Å². The Hall–Kier alpha value is -0.460. The Morgan fingerprint density at radius 1 is 1.08 bits per heavy atom. The van der Waals surface area contributed by atoms with Crippen LogP contribution in [0.15, 0.2) is 30.3 Å². The second-order valence-electron chi connectivity index (χ2n) is 6.58. The third kappa shape index (κ3) is 6.33. The number of hydrogen-bond acceptors (Lipinski definition) is 4. The Balaban J connectivity index is 0.00000156. The number of nitrogens with one attached hydrogen (secondary N) is 1. The number of benzene rings is 1. The molecule has 0 aromatic heterocycles. The molecule has 1 aliphatic heterocycles. The molecular weight excluding hydrogens is 377 g/mol. The van der Waals surface area contributed by atoms with Gasteiger partial charge in [-0.15, -0.1) is 24.8 Å². The zero-order valence-electron chi connectivity index (χ0n) is 14.4. The Bertz CT molecular complexity index is 506. The van der Waals surface area contributed by atoms with Crippen LogP contribution in [0.1, 0.15) is 37.3 Å². The van der Waals surface area contributed by atoms with Gasteiger partial charge in [0.1, 0.15) is 6.04 Å². The predicted molar refractivity (Wildman–Crippen MR) is 111 cm³/mol. The van der Waals surface area contributed by atoms with Crippen molar-refractivity contribution in [1.82, 2.24) is 10.2 Å². The second kappa shape index (κ2) is 11.3. The van der Waals surface area contributed by atoms with E-state index in [1.165, 1.54) is 0 Å². The zero-order chi connectivity index (χ0) is 16.1. The molecule has 1 aromatic carbocycles. The molecule has 1 saturated heterocycles. The molecule has 1 heterocycles. The van der Waals surface area contributed by atoms with E-state index in [0.717, 1.165) is 55.8 Å². The van der Waals surface area contributed by atoms with E-state index in [0.29, 0.717) is 6.04 Å². The van der Waals surface area contributed by atoms with Gasteiger partial charge in [0.2, 0.25) is 5.91 Å². The average molecular weight is 406 g/mol. The van der Waals surface area contributed by atoms with Gasteiger partial charge in [0.15, 0.2) is 0 Å². The van der Waals surface area contributed by atoms with Crippen molar-refractivity contribution >= 4 is 42.5 Å².